The lowest BCUT2D eigenvalue weighted by Crippen LogP contribution is -2.26. The molecule has 3 heteroatoms. The zero-order chi connectivity index (χ0) is 12.1. The van der Waals surface area contributed by atoms with Gasteiger partial charge in [-0.2, -0.15) is 0 Å². The molecule has 0 bridgehead atoms. The third-order valence-electron chi connectivity index (χ3n) is 2.64. The van der Waals surface area contributed by atoms with Gasteiger partial charge < -0.3 is 9.88 Å². The van der Waals surface area contributed by atoms with Crippen LogP contribution in [0.3, 0.4) is 0 Å². The largest absolute Gasteiger partial charge is 0.317 e. The Bertz CT molecular complexity index is 382. The van der Waals surface area contributed by atoms with Crippen LogP contribution in [0.2, 0.25) is 0 Å². The lowest BCUT2D eigenvalue weighted by atomic mass is 10.1. The maximum Gasteiger partial charge on any atom is 0.250 e. The van der Waals surface area contributed by atoms with Gasteiger partial charge in [0.1, 0.15) is 0 Å². The minimum absolute atomic E-state index is 0.0922. The minimum Gasteiger partial charge on any atom is -0.317 e. The van der Waals surface area contributed by atoms with Gasteiger partial charge >= 0.3 is 0 Å². The highest BCUT2D eigenvalue weighted by Crippen LogP contribution is 2.03. The number of rotatable bonds is 5. The van der Waals surface area contributed by atoms with Crippen molar-refractivity contribution < 1.29 is 0 Å². The van der Waals surface area contributed by atoms with Crippen LogP contribution >= 0.6 is 0 Å². The second-order valence-corrected chi connectivity index (χ2v) is 4.82. The monoisotopic (exact) mass is 222 g/mol. The van der Waals surface area contributed by atoms with Gasteiger partial charge in [0.15, 0.2) is 0 Å². The first-order valence-corrected chi connectivity index (χ1v) is 5.89. The summed E-state index contributed by atoms with van der Waals surface area (Å²) < 4.78 is 1.81. The molecule has 1 N–H and O–H groups in total. The number of nitrogens with zero attached hydrogens (tertiary/aromatic N) is 1. The molecule has 0 aliphatic rings. The molecule has 0 spiro atoms. The summed E-state index contributed by atoms with van der Waals surface area (Å²) in [5.74, 6) is 0.495. The summed E-state index contributed by atoms with van der Waals surface area (Å²) in [6.45, 7) is 7.17. The Balaban J connectivity index is 2.85. The van der Waals surface area contributed by atoms with Crippen LogP contribution in [0.1, 0.15) is 26.3 Å². The summed E-state index contributed by atoms with van der Waals surface area (Å²) in [5.41, 5.74) is 1.30. The van der Waals surface area contributed by atoms with Crippen molar-refractivity contribution in [2.75, 3.05) is 7.05 Å². The van der Waals surface area contributed by atoms with E-state index >= 15 is 0 Å². The summed E-state index contributed by atoms with van der Waals surface area (Å²) >= 11 is 0. The summed E-state index contributed by atoms with van der Waals surface area (Å²) in [6.07, 6.45) is 2.94. The number of pyridine rings is 1. The van der Waals surface area contributed by atoms with Crippen LogP contribution in [0.15, 0.2) is 23.1 Å². The molecule has 0 aliphatic carbocycles. The highest BCUT2D eigenvalue weighted by atomic mass is 16.1. The van der Waals surface area contributed by atoms with Crippen LogP contribution in [0.25, 0.3) is 0 Å². The molecule has 1 heterocycles. The van der Waals surface area contributed by atoms with Gasteiger partial charge in [0.2, 0.25) is 0 Å². The summed E-state index contributed by atoms with van der Waals surface area (Å²) in [6, 6.07) is 4.03. The molecule has 1 rings (SSSR count). The van der Waals surface area contributed by atoms with Gasteiger partial charge in [-0.3, -0.25) is 4.79 Å². The van der Waals surface area contributed by atoms with Gasteiger partial charge in [-0.25, -0.2) is 0 Å². The molecule has 1 aromatic rings. The molecule has 0 aromatic carbocycles. The van der Waals surface area contributed by atoms with Crippen LogP contribution in [-0.4, -0.2) is 17.7 Å². The standard InChI is InChI=1S/C13H22N2O/c1-10(2)8-15-9-12(5-6-13(15)16)7-11(3)14-4/h5-6,9-11,14H,7-8H2,1-4H3. The first-order valence-electron chi connectivity index (χ1n) is 5.89. The highest BCUT2D eigenvalue weighted by molar-refractivity contribution is 5.11. The molecule has 1 atom stereocenters. The SMILES string of the molecule is CNC(C)Cc1ccc(=O)n(CC(C)C)c1. The van der Waals surface area contributed by atoms with E-state index in [0.717, 1.165) is 13.0 Å². The predicted octanol–water partition coefficient (Wildman–Crippen LogP) is 1.65. The van der Waals surface area contributed by atoms with Crippen molar-refractivity contribution in [2.24, 2.45) is 5.92 Å². The maximum absolute atomic E-state index is 11.6. The number of aromatic nitrogens is 1. The molecule has 0 saturated carbocycles. The van der Waals surface area contributed by atoms with E-state index < -0.39 is 0 Å². The Morgan fingerprint density at radius 3 is 2.56 bits per heavy atom. The Hall–Kier alpha value is -1.09. The van der Waals surface area contributed by atoms with Crippen LogP contribution in [-0.2, 0) is 13.0 Å². The smallest absolute Gasteiger partial charge is 0.250 e. The first-order chi connectivity index (χ1) is 7.52. The van der Waals surface area contributed by atoms with Gasteiger partial charge in [0.25, 0.3) is 5.56 Å². The summed E-state index contributed by atoms with van der Waals surface area (Å²) in [4.78, 5) is 11.6. The highest BCUT2D eigenvalue weighted by Gasteiger charge is 2.04. The fraction of sp³-hybridized carbons (Fsp3) is 0.615. The quantitative estimate of drug-likeness (QED) is 0.822. The molecule has 3 nitrogen and oxygen atoms in total. The van der Waals surface area contributed by atoms with E-state index in [2.05, 4.69) is 26.1 Å². The van der Waals surface area contributed by atoms with Crippen molar-refractivity contribution in [3.8, 4) is 0 Å². The topological polar surface area (TPSA) is 34.0 Å². The Morgan fingerprint density at radius 2 is 2.00 bits per heavy atom. The average molecular weight is 222 g/mol. The summed E-state index contributed by atoms with van der Waals surface area (Å²) in [7, 11) is 1.95. The second kappa shape index (κ2) is 5.85. The molecule has 0 saturated heterocycles. The molecule has 16 heavy (non-hydrogen) atoms. The number of nitrogens with one attached hydrogen (secondary N) is 1. The van der Waals surface area contributed by atoms with E-state index in [1.54, 1.807) is 6.07 Å². The Labute approximate surface area is 97.5 Å². The van der Waals surface area contributed by atoms with E-state index in [1.807, 2.05) is 23.9 Å². The van der Waals surface area contributed by atoms with Crippen LogP contribution in [0.4, 0.5) is 0 Å². The number of hydrogen-bond acceptors (Lipinski definition) is 2. The third-order valence-corrected chi connectivity index (χ3v) is 2.64. The van der Waals surface area contributed by atoms with Crippen molar-refractivity contribution in [1.82, 2.24) is 9.88 Å². The molecular weight excluding hydrogens is 200 g/mol. The van der Waals surface area contributed by atoms with Gasteiger partial charge in [0.05, 0.1) is 0 Å². The van der Waals surface area contributed by atoms with E-state index in [-0.39, 0.29) is 5.56 Å². The van der Waals surface area contributed by atoms with Crippen molar-refractivity contribution >= 4 is 0 Å². The van der Waals surface area contributed by atoms with Gasteiger partial charge in [-0.15, -0.1) is 0 Å². The van der Waals surface area contributed by atoms with Crippen molar-refractivity contribution in [3.05, 3.63) is 34.2 Å². The molecule has 0 aliphatic heterocycles. The van der Waals surface area contributed by atoms with Gasteiger partial charge in [0, 0.05) is 24.8 Å². The van der Waals surface area contributed by atoms with Gasteiger partial charge in [-0.1, -0.05) is 19.9 Å². The van der Waals surface area contributed by atoms with Gasteiger partial charge in [-0.05, 0) is 31.9 Å². The van der Waals surface area contributed by atoms with Crippen molar-refractivity contribution in [3.63, 3.8) is 0 Å². The lowest BCUT2D eigenvalue weighted by Gasteiger charge is -2.13. The van der Waals surface area contributed by atoms with Crippen LogP contribution in [0.5, 0.6) is 0 Å². The third kappa shape index (κ3) is 3.81. The molecule has 1 aromatic heterocycles. The van der Waals surface area contributed by atoms with E-state index in [4.69, 9.17) is 0 Å². The first kappa shape index (κ1) is 13.0. The fourth-order valence-electron chi connectivity index (χ4n) is 1.69. The maximum atomic E-state index is 11.6. The molecule has 0 fully saturated rings. The Kier molecular flexibility index (Phi) is 4.74. The minimum atomic E-state index is 0.0922. The van der Waals surface area contributed by atoms with Crippen LogP contribution in [0, 0.1) is 5.92 Å². The lowest BCUT2D eigenvalue weighted by molar-refractivity contribution is 0.507. The van der Waals surface area contributed by atoms with Crippen molar-refractivity contribution in [1.29, 1.82) is 0 Å². The second-order valence-electron chi connectivity index (χ2n) is 4.82. The summed E-state index contributed by atoms with van der Waals surface area (Å²) in [5, 5.41) is 3.20. The van der Waals surface area contributed by atoms with E-state index in [1.165, 1.54) is 5.56 Å². The zero-order valence-corrected chi connectivity index (χ0v) is 10.7. The molecule has 0 radical (unpaired) electrons. The van der Waals surface area contributed by atoms with E-state index in [9.17, 15) is 4.79 Å². The van der Waals surface area contributed by atoms with Crippen LogP contribution < -0.4 is 10.9 Å². The molecule has 90 valence electrons. The van der Waals surface area contributed by atoms with Crippen molar-refractivity contribution in [2.45, 2.75) is 39.8 Å². The van der Waals surface area contributed by atoms with E-state index in [0.29, 0.717) is 12.0 Å². The normalized spacial score (nSPS) is 13.1. The zero-order valence-electron chi connectivity index (χ0n) is 10.7. The molecule has 0 amide bonds. The number of hydrogen-bond donors (Lipinski definition) is 1. The number of likely N-dealkylation sites (N-methyl/N-ethyl adjacent to an activating group) is 1. The fourth-order valence-corrected chi connectivity index (χ4v) is 1.69. The predicted molar refractivity (Wildman–Crippen MR) is 67.8 cm³/mol. The molecular formula is C13H22N2O. The average Bonchev–Trinajstić information content (AvgIpc) is 2.22. The Morgan fingerprint density at radius 1 is 1.31 bits per heavy atom. The molecule has 1 unspecified atom stereocenters.